The standard InChI is InChI=1S/C18H17N3O4/c1-3-21-14-9-8-11(10-13(14)20-17(23)18(21)24)16(22)19-12-6-4-5-7-15(12)25-2/h4-10H,3H2,1-2H3,(H,19,22)(H,20,23). The van der Waals surface area contributed by atoms with Gasteiger partial charge in [-0.05, 0) is 37.3 Å². The smallest absolute Gasteiger partial charge is 0.316 e. The summed E-state index contributed by atoms with van der Waals surface area (Å²) in [7, 11) is 1.52. The van der Waals surface area contributed by atoms with Gasteiger partial charge < -0.3 is 19.6 Å². The minimum Gasteiger partial charge on any atom is -0.495 e. The molecule has 0 bridgehead atoms. The molecule has 7 heteroatoms. The molecule has 0 saturated carbocycles. The van der Waals surface area contributed by atoms with Crippen molar-refractivity contribution in [3.05, 3.63) is 68.7 Å². The van der Waals surface area contributed by atoms with Crippen LogP contribution in [0.5, 0.6) is 5.75 Å². The van der Waals surface area contributed by atoms with Crippen molar-refractivity contribution in [1.82, 2.24) is 9.55 Å². The van der Waals surface area contributed by atoms with Gasteiger partial charge in [0.2, 0.25) is 0 Å². The second kappa shape index (κ2) is 6.64. The minimum absolute atomic E-state index is 0.346. The molecule has 1 amide bonds. The molecule has 128 valence electrons. The molecule has 25 heavy (non-hydrogen) atoms. The Balaban J connectivity index is 2.02. The first-order valence-electron chi connectivity index (χ1n) is 7.76. The van der Waals surface area contributed by atoms with E-state index in [0.29, 0.717) is 34.6 Å². The summed E-state index contributed by atoms with van der Waals surface area (Å²) >= 11 is 0. The van der Waals surface area contributed by atoms with Crippen LogP contribution in [0.2, 0.25) is 0 Å². The van der Waals surface area contributed by atoms with Crippen LogP contribution in [0.25, 0.3) is 11.0 Å². The molecule has 0 fully saturated rings. The number of amides is 1. The maximum atomic E-state index is 12.5. The number of nitrogens with one attached hydrogen (secondary N) is 2. The number of aromatic nitrogens is 2. The summed E-state index contributed by atoms with van der Waals surface area (Å²) in [6, 6.07) is 11.9. The number of methoxy groups -OCH3 is 1. The van der Waals surface area contributed by atoms with E-state index in [-0.39, 0.29) is 5.91 Å². The second-order valence-electron chi connectivity index (χ2n) is 5.39. The fourth-order valence-electron chi connectivity index (χ4n) is 2.68. The normalized spacial score (nSPS) is 10.6. The molecule has 0 unspecified atom stereocenters. The molecule has 3 rings (SSSR count). The predicted octanol–water partition coefficient (Wildman–Crippen LogP) is 1.97. The Morgan fingerprint density at radius 2 is 1.96 bits per heavy atom. The van der Waals surface area contributed by atoms with E-state index in [2.05, 4.69) is 10.3 Å². The fourth-order valence-corrected chi connectivity index (χ4v) is 2.68. The molecule has 1 aromatic heterocycles. The fraction of sp³-hybridized carbons (Fsp3) is 0.167. The van der Waals surface area contributed by atoms with E-state index in [4.69, 9.17) is 4.74 Å². The first kappa shape index (κ1) is 16.5. The summed E-state index contributed by atoms with van der Waals surface area (Å²) in [5.41, 5.74) is 0.579. The van der Waals surface area contributed by atoms with Crippen molar-refractivity contribution in [2.45, 2.75) is 13.5 Å². The summed E-state index contributed by atoms with van der Waals surface area (Å²) in [5.74, 6) is 0.200. The van der Waals surface area contributed by atoms with Gasteiger partial charge in [-0.15, -0.1) is 0 Å². The van der Waals surface area contributed by atoms with Crippen LogP contribution in [-0.4, -0.2) is 22.6 Å². The molecule has 7 nitrogen and oxygen atoms in total. The van der Waals surface area contributed by atoms with Gasteiger partial charge in [0.05, 0.1) is 23.8 Å². The molecule has 3 aromatic rings. The van der Waals surface area contributed by atoms with Gasteiger partial charge in [-0.3, -0.25) is 14.4 Å². The minimum atomic E-state index is -0.711. The summed E-state index contributed by atoms with van der Waals surface area (Å²) in [6.07, 6.45) is 0. The quantitative estimate of drug-likeness (QED) is 0.711. The lowest BCUT2D eigenvalue weighted by molar-refractivity contribution is 0.102. The number of ether oxygens (including phenoxy) is 1. The van der Waals surface area contributed by atoms with Gasteiger partial charge in [0.15, 0.2) is 0 Å². The van der Waals surface area contributed by atoms with Crippen molar-refractivity contribution in [2.75, 3.05) is 12.4 Å². The van der Waals surface area contributed by atoms with E-state index in [1.54, 1.807) is 49.4 Å². The van der Waals surface area contributed by atoms with Crippen LogP contribution in [0.3, 0.4) is 0 Å². The third-order valence-electron chi connectivity index (χ3n) is 3.91. The van der Waals surface area contributed by atoms with Crippen molar-refractivity contribution < 1.29 is 9.53 Å². The number of para-hydroxylation sites is 2. The van der Waals surface area contributed by atoms with Gasteiger partial charge >= 0.3 is 11.1 Å². The maximum Gasteiger partial charge on any atom is 0.316 e. The average molecular weight is 339 g/mol. The van der Waals surface area contributed by atoms with E-state index in [0.717, 1.165) is 0 Å². The molecule has 2 N–H and O–H groups in total. The number of aryl methyl sites for hydroxylation is 1. The molecule has 0 atom stereocenters. The number of H-pyrrole nitrogens is 1. The molecule has 0 aliphatic carbocycles. The zero-order chi connectivity index (χ0) is 18.0. The van der Waals surface area contributed by atoms with Crippen molar-refractivity contribution in [2.24, 2.45) is 0 Å². The predicted molar refractivity (Wildman–Crippen MR) is 95.4 cm³/mol. The Labute approximate surface area is 142 Å². The van der Waals surface area contributed by atoms with E-state index < -0.39 is 11.1 Å². The lowest BCUT2D eigenvalue weighted by Gasteiger charge is -2.11. The lowest BCUT2D eigenvalue weighted by atomic mass is 10.1. The zero-order valence-corrected chi connectivity index (χ0v) is 13.8. The third-order valence-corrected chi connectivity index (χ3v) is 3.91. The Hall–Kier alpha value is -3.35. The topological polar surface area (TPSA) is 93.2 Å². The molecule has 0 aliphatic rings. The van der Waals surface area contributed by atoms with Gasteiger partial charge in [-0.2, -0.15) is 0 Å². The molecule has 0 radical (unpaired) electrons. The number of aromatic amines is 1. The molecule has 1 heterocycles. The van der Waals surface area contributed by atoms with Crippen LogP contribution in [0.1, 0.15) is 17.3 Å². The van der Waals surface area contributed by atoms with Gasteiger partial charge in [-0.25, -0.2) is 0 Å². The monoisotopic (exact) mass is 339 g/mol. The van der Waals surface area contributed by atoms with Gasteiger partial charge in [0.1, 0.15) is 5.75 Å². The molecule has 0 spiro atoms. The highest BCUT2D eigenvalue weighted by atomic mass is 16.5. The van der Waals surface area contributed by atoms with Crippen LogP contribution in [0.4, 0.5) is 5.69 Å². The van der Waals surface area contributed by atoms with Crippen molar-refractivity contribution in [1.29, 1.82) is 0 Å². The number of carbonyl (C=O) groups is 1. The number of fused-ring (bicyclic) bond motifs is 1. The molecule has 2 aromatic carbocycles. The Kier molecular flexibility index (Phi) is 4.38. The zero-order valence-electron chi connectivity index (χ0n) is 13.8. The van der Waals surface area contributed by atoms with Crippen LogP contribution in [0.15, 0.2) is 52.1 Å². The molecular weight excluding hydrogens is 322 g/mol. The Morgan fingerprint density at radius 3 is 2.68 bits per heavy atom. The van der Waals surface area contributed by atoms with Gasteiger partial charge in [0, 0.05) is 12.1 Å². The first-order valence-corrected chi connectivity index (χ1v) is 7.76. The molecule has 0 aliphatic heterocycles. The summed E-state index contributed by atoms with van der Waals surface area (Å²) in [6.45, 7) is 2.15. The average Bonchev–Trinajstić information content (AvgIpc) is 2.63. The Morgan fingerprint density at radius 1 is 1.20 bits per heavy atom. The number of nitrogens with zero attached hydrogens (tertiary/aromatic N) is 1. The maximum absolute atomic E-state index is 12.5. The number of rotatable bonds is 4. The highest BCUT2D eigenvalue weighted by Gasteiger charge is 2.12. The lowest BCUT2D eigenvalue weighted by Crippen LogP contribution is -2.36. The summed E-state index contributed by atoms with van der Waals surface area (Å²) < 4.78 is 6.58. The highest BCUT2D eigenvalue weighted by molar-refractivity contribution is 6.06. The van der Waals surface area contributed by atoms with E-state index in [1.165, 1.54) is 11.7 Å². The largest absolute Gasteiger partial charge is 0.495 e. The number of carbonyl (C=O) groups excluding carboxylic acids is 1. The Bertz CT molecular complexity index is 1070. The van der Waals surface area contributed by atoms with Crippen LogP contribution in [-0.2, 0) is 6.54 Å². The summed E-state index contributed by atoms with van der Waals surface area (Å²) in [5, 5.41) is 2.77. The van der Waals surface area contributed by atoms with Crippen molar-refractivity contribution >= 4 is 22.6 Å². The van der Waals surface area contributed by atoms with E-state index in [1.807, 2.05) is 0 Å². The molecular formula is C18H17N3O4. The van der Waals surface area contributed by atoms with E-state index in [9.17, 15) is 14.4 Å². The van der Waals surface area contributed by atoms with Crippen LogP contribution in [0, 0.1) is 0 Å². The van der Waals surface area contributed by atoms with Crippen molar-refractivity contribution in [3.8, 4) is 5.75 Å². The third kappa shape index (κ3) is 3.03. The van der Waals surface area contributed by atoms with Crippen molar-refractivity contribution in [3.63, 3.8) is 0 Å². The number of benzene rings is 2. The number of hydrogen-bond donors (Lipinski definition) is 2. The molecule has 0 saturated heterocycles. The van der Waals surface area contributed by atoms with E-state index >= 15 is 0 Å². The number of hydrogen-bond acceptors (Lipinski definition) is 4. The van der Waals surface area contributed by atoms with Crippen LogP contribution >= 0.6 is 0 Å². The number of anilines is 1. The van der Waals surface area contributed by atoms with Gasteiger partial charge in [-0.1, -0.05) is 12.1 Å². The van der Waals surface area contributed by atoms with Gasteiger partial charge in [0.25, 0.3) is 5.91 Å². The second-order valence-corrected chi connectivity index (χ2v) is 5.39. The summed E-state index contributed by atoms with van der Waals surface area (Å²) in [4.78, 5) is 38.7. The SMILES string of the molecule is CCn1c(=O)c(=O)[nH]c2cc(C(=O)Nc3ccccc3OC)ccc21. The highest BCUT2D eigenvalue weighted by Crippen LogP contribution is 2.24. The first-order chi connectivity index (χ1) is 12.0. The van der Waals surface area contributed by atoms with Crippen LogP contribution < -0.4 is 21.2 Å².